The third kappa shape index (κ3) is 5.40. The third-order valence-electron chi connectivity index (χ3n) is 3.41. The smallest absolute Gasteiger partial charge is 0.323 e. The van der Waals surface area contributed by atoms with Crippen molar-refractivity contribution in [1.82, 2.24) is 0 Å². The molecule has 5 N–H and O–H groups in total. The molecule has 6 nitrogen and oxygen atoms in total. The molecule has 0 radical (unpaired) electrons. The molecule has 0 heterocycles. The first-order valence-electron chi connectivity index (χ1n) is 7.82. The van der Waals surface area contributed by atoms with E-state index in [1.54, 1.807) is 24.3 Å². The van der Waals surface area contributed by atoms with Crippen LogP contribution in [0.25, 0.3) is 0 Å². The third-order valence-corrected chi connectivity index (χ3v) is 3.41. The van der Waals surface area contributed by atoms with Crippen LogP contribution in [0, 0.1) is 6.92 Å². The summed E-state index contributed by atoms with van der Waals surface area (Å²) in [7, 11) is 0. The van der Waals surface area contributed by atoms with Gasteiger partial charge >= 0.3 is 6.03 Å². The van der Waals surface area contributed by atoms with Crippen molar-refractivity contribution in [3.63, 3.8) is 0 Å². The SMILES string of the molecule is Cc1ccc(NC(=O)CCCN)cc1NC(=O)Nc1ccccc1. The van der Waals surface area contributed by atoms with Crippen LogP contribution in [0.4, 0.5) is 21.9 Å². The summed E-state index contributed by atoms with van der Waals surface area (Å²) in [5.41, 5.74) is 8.28. The van der Waals surface area contributed by atoms with Gasteiger partial charge in [0.05, 0.1) is 0 Å². The van der Waals surface area contributed by atoms with Crippen LogP contribution in [0.5, 0.6) is 0 Å². The fraction of sp³-hybridized carbons (Fsp3) is 0.222. The Hall–Kier alpha value is -2.86. The lowest BCUT2D eigenvalue weighted by molar-refractivity contribution is -0.116. The molecule has 0 bridgehead atoms. The molecule has 0 saturated heterocycles. The van der Waals surface area contributed by atoms with Crippen molar-refractivity contribution in [3.8, 4) is 0 Å². The predicted molar refractivity (Wildman–Crippen MR) is 97.2 cm³/mol. The second kappa shape index (κ2) is 8.69. The van der Waals surface area contributed by atoms with Crippen molar-refractivity contribution in [2.75, 3.05) is 22.5 Å². The predicted octanol–water partition coefficient (Wildman–Crippen LogP) is 3.32. The number of amides is 3. The first kappa shape index (κ1) is 17.5. The number of aryl methyl sites for hydroxylation is 1. The minimum Gasteiger partial charge on any atom is -0.330 e. The van der Waals surface area contributed by atoms with Crippen LogP contribution < -0.4 is 21.7 Å². The van der Waals surface area contributed by atoms with E-state index in [1.807, 2.05) is 31.2 Å². The average molecular weight is 326 g/mol. The van der Waals surface area contributed by atoms with Crippen LogP contribution in [0.15, 0.2) is 48.5 Å². The summed E-state index contributed by atoms with van der Waals surface area (Å²) in [4.78, 5) is 23.9. The Morgan fingerprint density at radius 1 is 0.958 bits per heavy atom. The minimum atomic E-state index is -0.337. The van der Waals surface area contributed by atoms with Crippen molar-refractivity contribution in [2.45, 2.75) is 19.8 Å². The van der Waals surface area contributed by atoms with Crippen LogP contribution in [0.3, 0.4) is 0 Å². The Morgan fingerprint density at radius 2 is 1.71 bits per heavy atom. The topological polar surface area (TPSA) is 96.2 Å². The molecule has 24 heavy (non-hydrogen) atoms. The van der Waals surface area contributed by atoms with Crippen molar-refractivity contribution >= 4 is 29.0 Å². The molecule has 0 aromatic heterocycles. The van der Waals surface area contributed by atoms with Gasteiger partial charge in [-0.2, -0.15) is 0 Å². The number of nitrogens with one attached hydrogen (secondary N) is 3. The van der Waals surface area contributed by atoms with E-state index in [2.05, 4.69) is 16.0 Å². The molecule has 0 saturated carbocycles. The van der Waals surface area contributed by atoms with E-state index >= 15 is 0 Å². The van der Waals surface area contributed by atoms with Crippen molar-refractivity contribution in [3.05, 3.63) is 54.1 Å². The molecule has 3 amide bonds. The number of benzene rings is 2. The van der Waals surface area contributed by atoms with Gasteiger partial charge < -0.3 is 21.7 Å². The Labute approximate surface area is 141 Å². The van der Waals surface area contributed by atoms with E-state index in [9.17, 15) is 9.59 Å². The van der Waals surface area contributed by atoms with Gasteiger partial charge in [0.25, 0.3) is 0 Å². The second-order valence-electron chi connectivity index (χ2n) is 5.42. The van der Waals surface area contributed by atoms with E-state index in [0.717, 1.165) is 5.56 Å². The molecule has 2 rings (SSSR count). The maximum Gasteiger partial charge on any atom is 0.323 e. The molecule has 0 fully saturated rings. The van der Waals surface area contributed by atoms with E-state index in [0.29, 0.717) is 36.4 Å². The number of rotatable bonds is 6. The van der Waals surface area contributed by atoms with Crippen molar-refractivity contribution < 1.29 is 9.59 Å². The zero-order valence-electron chi connectivity index (χ0n) is 13.6. The highest BCUT2D eigenvalue weighted by molar-refractivity contribution is 6.01. The zero-order chi connectivity index (χ0) is 17.4. The lowest BCUT2D eigenvalue weighted by Gasteiger charge is -2.12. The lowest BCUT2D eigenvalue weighted by Crippen LogP contribution is -2.20. The van der Waals surface area contributed by atoms with Gasteiger partial charge in [0.2, 0.25) is 5.91 Å². The van der Waals surface area contributed by atoms with Crippen molar-refractivity contribution in [2.24, 2.45) is 5.73 Å². The molecule has 0 atom stereocenters. The largest absolute Gasteiger partial charge is 0.330 e. The molecular weight excluding hydrogens is 304 g/mol. The maximum absolute atomic E-state index is 12.1. The van der Waals surface area contributed by atoms with E-state index in [4.69, 9.17) is 5.73 Å². The van der Waals surface area contributed by atoms with Gasteiger partial charge in [-0.15, -0.1) is 0 Å². The number of hydrogen-bond acceptors (Lipinski definition) is 3. The van der Waals surface area contributed by atoms with Gasteiger partial charge in [-0.05, 0) is 49.7 Å². The van der Waals surface area contributed by atoms with Crippen LogP contribution in [0.1, 0.15) is 18.4 Å². The highest BCUT2D eigenvalue weighted by Crippen LogP contribution is 2.21. The summed E-state index contributed by atoms with van der Waals surface area (Å²) in [6, 6.07) is 14.2. The van der Waals surface area contributed by atoms with Gasteiger partial charge in [0.1, 0.15) is 0 Å². The normalized spacial score (nSPS) is 10.1. The summed E-state index contributed by atoms with van der Waals surface area (Å²) in [6.45, 7) is 2.37. The van der Waals surface area contributed by atoms with E-state index < -0.39 is 0 Å². The molecule has 2 aromatic rings. The molecule has 126 valence electrons. The molecule has 6 heteroatoms. The molecule has 0 aliphatic heterocycles. The van der Waals surface area contributed by atoms with Crippen molar-refractivity contribution in [1.29, 1.82) is 0 Å². The minimum absolute atomic E-state index is 0.0935. The molecule has 0 aliphatic rings. The highest BCUT2D eigenvalue weighted by atomic mass is 16.2. The van der Waals surface area contributed by atoms with Crippen LogP contribution >= 0.6 is 0 Å². The quantitative estimate of drug-likeness (QED) is 0.655. The fourth-order valence-electron chi connectivity index (χ4n) is 2.13. The monoisotopic (exact) mass is 326 g/mol. The van der Waals surface area contributed by atoms with Crippen LogP contribution in [-0.4, -0.2) is 18.5 Å². The molecule has 0 spiro atoms. The highest BCUT2D eigenvalue weighted by Gasteiger charge is 2.08. The van der Waals surface area contributed by atoms with Crippen LogP contribution in [-0.2, 0) is 4.79 Å². The van der Waals surface area contributed by atoms with Gasteiger partial charge in [0, 0.05) is 23.5 Å². The number of urea groups is 1. The second-order valence-corrected chi connectivity index (χ2v) is 5.42. The van der Waals surface area contributed by atoms with Gasteiger partial charge in [-0.25, -0.2) is 4.79 Å². The summed E-state index contributed by atoms with van der Waals surface area (Å²) in [6.07, 6.45) is 1.02. The van der Waals surface area contributed by atoms with Crippen LogP contribution in [0.2, 0.25) is 0 Å². The number of hydrogen-bond donors (Lipinski definition) is 4. The summed E-state index contributed by atoms with van der Waals surface area (Å²) in [5.74, 6) is -0.0935. The first-order valence-corrected chi connectivity index (χ1v) is 7.82. The molecule has 0 unspecified atom stereocenters. The standard InChI is InChI=1S/C18H22N4O2/c1-13-9-10-15(20-17(23)8-5-11-19)12-16(13)22-18(24)21-14-6-3-2-4-7-14/h2-4,6-7,9-10,12H,5,8,11,19H2,1H3,(H,20,23)(H2,21,22,24). The molecule has 0 aliphatic carbocycles. The van der Waals surface area contributed by atoms with E-state index in [-0.39, 0.29) is 11.9 Å². The summed E-state index contributed by atoms with van der Waals surface area (Å²) >= 11 is 0. The maximum atomic E-state index is 12.1. The fourth-order valence-corrected chi connectivity index (χ4v) is 2.13. The van der Waals surface area contributed by atoms with E-state index in [1.165, 1.54) is 0 Å². The summed E-state index contributed by atoms with van der Waals surface area (Å²) < 4.78 is 0. The van der Waals surface area contributed by atoms with Gasteiger partial charge in [0.15, 0.2) is 0 Å². The lowest BCUT2D eigenvalue weighted by atomic mass is 10.1. The van der Waals surface area contributed by atoms with Gasteiger partial charge in [-0.3, -0.25) is 4.79 Å². The number of carbonyl (C=O) groups excluding carboxylic acids is 2. The van der Waals surface area contributed by atoms with Gasteiger partial charge in [-0.1, -0.05) is 24.3 Å². The zero-order valence-corrected chi connectivity index (χ0v) is 13.6. The first-order chi connectivity index (χ1) is 11.6. The molecule has 2 aromatic carbocycles. The number of para-hydroxylation sites is 1. The Bertz CT molecular complexity index is 701. The summed E-state index contributed by atoms with van der Waals surface area (Å²) in [5, 5.41) is 8.35. The Balaban J connectivity index is 2.00. The molecular formula is C18H22N4O2. The number of anilines is 3. The average Bonchev–Trinajstić information content (AvgIpc) is 2.57. The Kier molecular flexibility index (Phi) is 6.33. The number of carbonyl (C=O) groups is 2. The number of nitrogens with two attached hydrogens (primary N) is 1. The Morgan fingerprint density at radius 3 is 2.42 bits per heavy atom.